The highest BCUT2D eigenvalue weighted by molar-refractivity contribution is 7.81. The first-order valence-corrected chi connectivity index (χ1v) is 11.1. The van der Waals surface area contributed by atoms with Gasteiger partial charge in [-0.05, 0) is 37.0 Å². The molecule has 0 spiro atoms. The molecule has 8 nitrogen and oxygen atoms in total. The standard InChI is InChI=1S/C21H26F2N4O4S/c22-9-19(29)26-8-7-15-5-6-17(20(30)24-10-13-1-3-14(23)4-2-13)27(15)21(31)16(11-26)25-18(28)12-32/h1-4,15-17,32H,5-12H2,(H,24,30)(H,25,28)/t15-,16+,17+/m1/s1. The molecule has 0 radical (unpaired) electrons. The van der Waals surface area contributed by atoms with E-state index in [0.717, 1.165) is 0 Å². The fourth-order valence-corrected chi connectivity index (χ4v) is 4.29. The smallest absolute Gasteiger partial charge is 0.254 e. The van der Waals surface area contributed by atoms with Gasteiger partial charge in [-0.3, -0.25) is 19.2 Å². The maximum atomic E-state index is 13.3. The maximum absolute atomic E-state index is 13.3. The van der Waals surface area contributed by atoms with Crippen LogP contribution in [0.4, 0.5) is 8.78 Å². The fraction of sp³-hybridized carbons (Fsp3) is 0.524. The van der Waals surface area contributed by atoms with Crippen LogP contribution in [0.3, 0.4) is 0 Å². The quantitative estimate of drug-likeness (QED) is 0.527. The van der Waals surface area contributed by atoms with Crippen molar-refractivity contribution in [2.24, 2.45) is 0 Å². The van der Waals surface area contributed by atoms with Gasteiger partial charge in [-0.15, -0.1) is 0 Å². The third-order valence-electron chi connectivity index (χ3n) is 5.82. The molecule has 3 atom stereocenters. The van der Waals surface area contributed by atoms with Crippen LogP contribution in [0, 0.1) is 5.82 Å². The Labute approximate surface area is 190 Å². The minimum atomic E-state index is -1.19. The number of nitrogens with one attached hydrogen (secondary N) is 2. The second kappa shape index (κ2) is 10.8. The summed E-state index contributed by atoms with van der Waals surface area (Å²) < 4.78 is 26.1. The number of fused-ring (bicyclic) bond motifs is 1. The molecule has 1 aromatic rings. The Balaban J connectivity index is 1.75. The molecule has 11 heteroatoms. The van der Waals surface area contributed by atoms with E-state index < -0.39 is 36.5 Å². The van der Waals surface area contributed by atoms with Crippen LogP contribution in [0.15, 0.2) is 24.3 Å². The van der Waals surface area contributed by atoms with Gasteiger partial charge in [0.05, 0.1) is 5.75 Å². The number of thiol groups is 1. The summed E-state index contributed by atoms with van der Waals surface area (Å²) in [4.78, 5) is 52.8. The molecule has 2 saturated heterocycles. The van der Waals surface area contributed by atoms with Gasteiger partial charge in [0, 0.05) is 25.7 Å². The number of halogens is 2. The van der Waals surface area contributed by atoms with E-state index >= 15 is 0 Å². The van der Waals surface area contributed by atoms with Crippen LogP contribution in [-0.4, -0.2) is 77.1 Å². The summed E-state index contributed by atoms with van der Waals surface area (Å²) in [6.07, 6.45) is 1.38. The molecule has 174 valence electrons. The third-order valence-corrected chi connectivity index (χ3v) is 6.11. The Bertz CT molecular complexity index is 870. The van der Waals surface area contributed by atoms with Gasteiger partial charge < -0.3 is 20.4 Å². The summed E-state index contributed by atoms with van der Waals surface area (Å²) in [5.41, 5.74) is 0.715. The maximum Gasteiger partial charge on any atom is 0.254 e. The average molecular weight is 469 g/mol. The number of hydrogen-bond donors (Lipinski definition) is 3. The number of amides is 4. The van der Waals surface area contributed by atoms with E-state index in [-0.39, 0.29) is 43.2 Å². The predicted molar refractivity (Wildman–Crippen MR) is 115 cm³/mol. The molecule has 0 aliphatic carbocycles. The minimum Gasteiger partial charge on any atom is -0.350 e. The molecular weight excluding hydrogens is 442 g/mol. The van der Waals surface area contributed by atoms with Crippen LogP contribution in [0.2, 0.25) is 0 Å². The van der Waals surface area contributed by atoms with Crippen molar-refractivity contribution in [3.05, 3.63) is 35.6 Å². The molecule has 0 unspecified atom stereocenters. The van der Waals surface area contributed by atoms with E-state index in [4.69, 9.17) is 0 Å². The monoisotopic (exact) mass is 468 g/mol. The predicted octanol–water partition coefficient (Wildman–Crippen LogP) is 0.418. The molecule has 4 amide bonds. The molecule has 0 bridgehead atoms. The third kappa shape index (κ3) is 5.56. The highest BCUT2D eigenvalue weighted by Gasteiger charge is 2.45. The van der Waals surface area contributed by atoms with E-state index in [1.54, 1.807) is 12.1 Å². The molecule has 2 heterocycles. The molecular formula is C21H26F2N4O4S. The van der Waals surface area contributed by atoms with Crippen molar-refractivity contribution < 1.29 is 28.0 Å². The molecule has 32 heavy (non-hydrogen) atoms. The summed E-state index contributed by atoms with van der Waals surface area (Å²) in [5.74, 6) is -2.62. The highest BCUT2D eigenvalue weighted by Crippen LogP contribution is 2.29. The summed E-state index contributed by atoms with van der Waals surface area (Å²) in [6, 6.07) is 3.59. The van der Waals surface area contributed by atoms with Gasteiger partial charge in [0.1, 0.15) is 17.9 Å². The molecule has 2 N–H and O–H groups in total. The van der Waals surface area contributed by atoms with Gasteiger partial charge in [0.15, 0.2) is 6.67 Å². The largest absolute Gasteiger partial charge is 0.350 e. The molecule has 2 aliphatic rings. The molecule has 2 fully saturated rings. The Hall–Kier alpha value is -2.69. The van der Waals surface area contributed by atoms with Gasteiger partial charge in [0.25, 0.3) is 5.91 Å². The Kier molecular flexibility index (Phi) is 8.05. The van der Waals surface area contributed by atoms with E-state index in [0.29, 0.717) is 24.8 Å². The fourth-order valence-electron chi connectivity index (χ4n) is 4.20. The number of rotatable bonds is 6. The molecule has 0 aromatic heterocycles. The van der Waals surface area contributed by atoms with Crippen molar-refractivity contribution in [2.45, 2.75) is 43.9 Å². The van der Waals surface area contributed by atoms with Crippen molar-refractivity contribution in [3.8, 4) is 0 Å². The van der Waals surface area contributed by atoms with Gasteiger partial charge in [-0.2, -0.15) is 12.6 Å². The van der Waals surface area contributed by atoms with Crippen LogP contribution in [0.25, 0.3) is 0 Å². The molecule has 0 saturated carbocycles. The van der Waals surface area contributed by atoms with Gasteiger partial charge in [-0.1, -0.05) is 12.1 Å². The lowest BCUT2D eigenvalue weighted by Gasteiger charge is -2.38. The summed E-state index contributed by atoms with van der Waals surface area (Å²) >= 11 is 3.90. The number of carbonyl (C=O) groups excluding carboxylic acids is 4. The lowest BCUT2D eigenvalue weighted by molar-refractivity contribution is -0.147. The summed E-state index contributed by atoms with van der Waals surface area (Å²) in [6.45, 7) is -0.965. The van der Waals surface area contributed by atoms with Crippen LogP contribution in [0.1, 0.15) is 24.8 Å². The van der Waals surface area contributed by atoms with Gasteiger partial charge in [-0.25, -0.2) is 8.78 Å². The minimum absolute atomic E-state index is 0.161. The zero-order valence-corrected chi connectivity index (χ0v) is 18.3. The Morgan fingerprint density at radius 1 is 1.12 bits per heavy atom. The first kappa shape index (κ1) is 24.0. The molecule has 1 aromatic carbocycles. The van der Waals surface area contributed by atoms with Crippen LogP contribution in [0.5, 0.6) is 0 Å². The van der Waals surface area contributed by atoms with E-state index in [9.17, 15) is 28.0 Å². The number of hydrogen-bond acceptors (Lipinski definition) is 5. The van der Waals surface area contributed by atoms with E-state index in [1.165, 1.54) is 21.9 Å². The van der Waals surface area contributed by atoms with Gasteiger partial charge in [0.2, 0.25) is 17.7 Å². The van der Waals surface area contributed by atoms with Crippen molar-refractivity contribution in [1.29, 1.82) is 0 Å². The molecule has 2 aliphatic heterocycles. The van der Waals surface area contributed by atoms with Crippen LogP contribution >= 0.6 is 12.6 Å². The average Bonchev–Trinajstić information content (AvgIpc) is 3.21. The number of benzene rings is 1. The number of alkyl halides is 1. The van der Waals surface area contributed by atoms with Crippen molar-refractivity contribution in [1.82, 2.24) is 20.4 Å². The number of nitrogens with zero attached hydrogens (tertiary/aromatic N) is 2. The normalized spacial score (nSPS) is 23.2. The van der Waals surface area contributed by atoms with E-state index in [1.807, 2.05) is 0 Å². The highest BCUT2D eigenvalue weighted by atomic mass is 32.1. The zero-order chi connectivity index (χ0) is 23.3. The van der Waals surface area contributed by atoms with E-state index in [2.05, 4.69) is 23.3 Å². The second-order valence-electron chi connectivity index (χ2n) is 7.88. The second-order valence-corrected chi connectivity index (χ2v) is 8.19. The van der Waals surface area contributed by atoms with Crippen LogP contribution in [-0.2, 0) is 25.7 Å². The van der Waals surface area contributed by atoms with Crippen molar-refractivity contribution >= 4 is 36.3 Å². The van der Waals surface area contributed by atoms with Crippen molar-refractivity contribution in [2.75, 3.05) is 25.5 Å². The first-order chi connectivity index (χ1) is 15.3. The Morgan fingerprint density at radius 3 is 2.50 bits per heavy atom. The topological polar surface area (TPSA) is 98.8 Å². The van der Waals surface area contributed by atoms with Crippen LogP contribution < -0.4 is 10.6 Å². The summed E-state index contributed by atoms with van der Waals surface area (Å²) in [7, 11) is 0. The SMILES string of the molecule is O=C(CS)N[C@H]1CN(C(=O)CF)CC[C@H]2CC[C@@H](C(=O)NCc3ccc(F)cc3)N2C1=O. The Morgan fingerprint density at radius 2 is 1.84 bits per heavy atom. The zero-order valence-electron chi connectivity index (χ0n) is 17.4. The lowest BCUT2D eigenvalue weighted by Crippen LogP contribution is -2.61. The number of carbonyl (C=O) groups is 4. The lowest BCUT2D eigenvalue weighted by atomic mass is 10.1. The van der Waals surface area contributed by atoms with Gasteiger partial charge >= 0.3 is 0 Å². The van der Waals surface area contributed by atoms with Crippen molar-refractivity contribution in [3.63, 3.8) is 0 Å². The summed E-state index contributed by atoms with van der Waals surface area (Å²) in [5, 5.41) is 5.32. The molecule has 3 rings (SSSR count). The first-order valence-electron chi connectivity index (χ1n) is 10.4.